The fraction of sp³-hybridized carbons (Fsp3) is 0.500. The van der Waals surface area contributed by atoms with E-state index >= 15 is 0 Å². The number of hydrogen-bond acceptors (Lipinski definition) is 2. The standard InChI is InChI=1S/C10H15N.H3N/c1-2-3-4-7-10-8-5-6-9-11-10;/h5-6,8-9H,2-4,7H2,1H3;1H3. The normalized spacial score (nSPS) is 9.08. The maximum absolute atomic E-state index is 4.25. The number of hydrogen-bond donors (Lipinski definition) is 1. The average molecular weight is 166 g/mol. The van der Waals surface area contributed by atoms with Crippen molar-refractivity contribution >= 4 is 0 Å². The maximum Gasteiger partial charge on any atom is 0.0403 e. The Morgan fingerprint density at radius 1 is 1.25 bits per heavy atom. The Morgan fingerprint density at radius 3 is 2.67 bits per heavy atom. The smallest absolute Gasteiger partial charge is 0.0403 e. The average Bonchev–Trinajstić information content (AvgIpc) is 2.07. The Labute approximate surface area is 74.6 Å². The summed E-state index contributed by atoms with van der Waals surface area (Å²) in [6, 6.07) is 6.10. The second-order valence-electron chi connectivity index (χ2n) is 2.78. The topological polar surface area (TPSA) is 47.9 Å². The van der Waals surface area contributed by atoms with Crippen LogP contribution in [0.2, 0.25) is 0 Å². The van der Waals surface area contributed by atoms with Crippen LogP contribution in [-0.2, 0) is 6.42 Å². The molecule has 1 aromatic heterocycles. The SMILES string of the molecule is CCCCCc1ccccn1.N. The van der Waals surface area contributed by atoms with E-state index in [1.54, 1.807) is 0 Å². The summed E-state index contributed by atoms with van der Waals surface area (Å²) < 4.78 is 0. The highest BCUT2D eigenvalue weighted by molar-refractivity contribution is 5.03. The summed E-state index contributed by atoms with van der Waals surface area (Å²) in [4.78, 5) is 4.25. The maximum atomic E-state index is 4.25. The molecule has 0 aliphatic heterocycles. The van der Waals surface area contributed by atoms with Gasteiger partial charge in [0.25, 0.3) is 0 Å². The molecule has 12 heavy (non-hydrogen) atoms. The van der Waals surface area contributed by atoms with E-state index in [9.17, 15) is 0 Å². The molecule has 0 aliphatic carbocycles. The van der Waals surface area contributed by atoms with Crippen LogP contribution >= 0.6 is 0 Å². The van der Waals surface area contributed by atoms with Gasteiger partial charge in [-0.1, -0.05) is 25.8 Å². The van der Waals surface area contributed by atoms with Gasteiger partial charge in [0.1, 0.15) is 0 Å². The zero-order valence-electron chi connectivity index (χ0n) is 7.79. The molecule has 0 saturated carbocycles. The molecular formula is C10H18N2. The van der Waals surface area contributed by atoms with E-state index in [2.05, 4.69) is 18.0 Å². The molecule has 0 radical (unpaired) electrons. The molecule has 1 rings (SSSR count). The lowest BCUT2D eigenvalue weighted by Crippen LogP contribution is -1.87. The van der Waals surface area contributed by atoms with Crippen molar-refractivity contribution in [2.45, 2.75) is 32.6 Å². The summed E-state index contributed by atoms with van der Waals surface area (Å²) in [5.74, 6) is 0. The molecule has 0 bridgehead atoms. The van der Waals surface area contributed by atoms with E-state index in [-0.39, 0.29) is 6.15 Å². The van der Waals surface area contributed by atoms with Gasteiger partial charge < -0.3 is 6.15 Å². The zero-order valence-corrected chi connectivity index (χ0v) is 7.79. The van der Waals surface area contributed by atoms with Gasteiger partial charge in [0.2, 0.25) is 0 Å². The highest BCUT2D eigenvalue weighted by Crippen LogP contribution is 2.02. The first-order valence-corrected chi connectivity index (χ1v) is 4.33. The van der Waals surface area contributed by atoms with E-state index in [0.29, 0.717) is 0 Å². The van der Waals surface area contributed by atoms with Gasteiger partial charge in [0, 0.05) is 11.9 Å². The number of aryl methyl sites for hydroxylation is 1. The number of nitrogens with zero attached hydrogens (tertiary/aromatic N) is 1. The van der Waals surface area contributed by atoms with Crippen molar-refractivity contribution in [2.24, 2.45) is 0 Å². The lowest BCUT2D eigenvalue weighted by Gasteiger charge is -1.97. The summed E-state index contributed by atoms with van der Waals surface area (Å²) in [7, 11) is 0. The third-order valence-electron chi connectivity index (χ3n) is 1.76. The van der Waals surface area contributed by atoms with Crippen molar-refractivity contribution < 1.29 is 0 Å². The van der Waals surface area contributed by atoms with Crippen LogP contribution < -0.4 is 6.15 Å². The minimum absolute atomic E-state index is 0. The van der Waals surface area contributed by atoms with Crippen LogP contribution in [0.25, 0.3) is 0 Å². The van der Waals surface area contributed by atoms with E-state index < -0.39 is 0 Å². The first-order chi connectivity index (χ1) is 5.43. The van der Waals surface area contributed by atoms with E-state index in [1.807, 2.05) is 18.3 Å². The van der Waals surface area contributed by atoms with Crippen LogP contribution in [-0.4, -0.2) is 4.98 Å². The van der Waals surface area contributed by atoms with Crippen LogP contribution in [0.1, 0.15) is 31.9 Å². The van der Waals surface area contributed by atoms with Crippen molar-refractivity contribution in [3.63, 3.8) is 0 Å². The Morgan fingerprint density at radius 2 is 2.08 bits per heavy atom. The predicted octanol–water partition coefficient (Wildman–Crippen LogP) is 2.98. The second kappa shape index (κ2) is 6.80. The predicted molar refractivity (Wildman–Crippen MR) is 52.5 cm³/mol. The van der Waals surface area contributed by atoms with Gasteiger partial charge >= 0.3 is 0 Å². The fourth-order valence-corrected chi connectivity index (χ4v) is 1.10. The number of unbranched alkanes of at least 4 members (excludes halogenated alkanes) is 2. The molecule has 0 unspecified atom stereocenters. The van der Waals surface area contributed by atoms with E-state index in [0.717, 1.165) is 6.42 Å². The molecule has 68 valence electrons. The molecule has 2 heteroatoms. The van der Waals surface area contributed by atoms with Crippen molar-refractivity contribution in [2.75, 3.05) is 0 Å². The largest absolute Gasteiger partial charge is 0.344 e. The van der Waals surface area contributed by atoms with Gasteiger partial charge in [-0.2, -0.15) is 0 Å². The number of rotatable bonds is 4. The van der Waals surface area contributed by atoms with Crippen LogP contribution in [0.3, 0.4) is 0 Å². The van der Waals surface area contributed by atoms with Crippen LogP contribution in [0.4, 0.5) is 0 Å². The highest BCUT2D eigenvalue weighted by Gasteiger charge is 1.90. The van der Waals surface area contributed by atoms with Crippen molar-refractivity contribution in [1.29, 1.82) is 0 Å². The molecule has 1 aromatic rings. The van der Waals surface area contributed by atoms with Crippen molar-refractivity contribution in [3.05, 3.63) is 30.1 Å². The van der Waals surface area contributed by atoms with Gasteiger partial charge in [0.15, 0.2) is 0 Å². The molecule has 0 atom stereocenters. The quantitative estimate of drug-likeness (QED) is 0.699. The summed E-state index contributed by atoms with van der Waals surface area (Å²) in [5, 5.41) is 0. The van der Waals surface area contributed by atoms with E-state index in [4.69, 9.17) is 0 Å². The van der Waals surface area contributed by atoms with Gasteiger partial charge in [-0.3, -0.25) is 4.98 Å². The molecule has 0 aliphatic rings. The minimum Gasteiger partial charge on any atom is -0.344 e. The molecule has 0 saturated heterocycles. The van der Waals surface area contributed by atoms with Gasteiger partial charge in [-0.05, 0) is 25.0 Å². The molecular weight excluding hydrogens is 148 g/mol. The van der Waals surface area contributed by atoms with Gasteiger partial charge in [-0.15, -0.1) is 0 Å². The van der Waals surface area contributed by atoms with Crippen LogP contribution in [0.5, 0.6) is 0 Å². The van der Waals surface area contributed by atoms with Crippen LogP contribution in [0.15, 0.2) is 24.4 Å². The lowest BCUT2D eigenvalue weighted by molar-refractivity contribution is 0.707. The molecule has 0 aromatic carbocycles. The van der Waals surface area contributed by atoms with E-state index in [1.165, 1.54) is 25.0 Å². The lowest BCUT2D eigenvalue weighted by atomic mass is 10.1. The fourth-order valence-electron chi connectivity index (χ4n) is 1.10. The first-order valence-electron chi connectivity index (χ1n) is 4.33. The molecule has 3 N–H and O–H groups in total. The molecule has 1 heterocycles. The Balaban J connectivity index is 0.00000121. The van der Waals surface area contributed by atoms with Gasteiger partial charge in [-0.25, -0.2) is 0 Å². The molecule has 0 spiro atoms. The second-order valence-corrected chi connectivity index (χ2v) is 2.78. The Hall–Kier alpha value is -0.890. The van der Waals surface area contributed by atoms with Crippen molar-refractivity contribution in [1.82, 2.24) is 11.1 Å². The van der Waals surface area contributed by atoms with Gasteiger partial charge in [0.05, 0.1) is 0 Å². The minimum atomic E-state index is 0. The molecule has 0 fully saturated rings. The summed E-state index contributed by atoms with van der Waals surface area (Å²) in [5.41, 5.74) is 1.22. The third-order valence-corrected chi connectivity index (χ3v) is 1.76. The van der Waals surface area contributed by atoms with Crippen LogP contribution in [0, 0.1) is 0 Å². The zero-order chi connectivity index (χ0) is 7.94. The Bertz CT molecular complexity index is 184. The van der Waals surface area contributed by atoms with Crippen molar-refractivity contribution in [3.8, 4) is 0 Å². The Kier molecular flexibility index (Phi) is 6.29. The summed E-state index contributed by atoms with van der Waals surface area (Å²) in [6.45, 7) is 2.22. The number of aromatic nitrogens is 1. The number of pyridine rings is 1. The molecule has 2 nitrogen and oxygen atoms in total. The molecule has 0 amide bonds. The monoisotopic (exact) mass is 166 g/mol. The third kappa shape index (κ3) is 4.09. The highest BCUT2D eigenvalue weighted by atomic mass is 14.7. The first kappa shape index (κ1) is 11.1. The summed E-state index contributed by atoms with van der Waals surface area (Å²) in [6.07, 6.45) is 6.87. The summed E-state index contributed by atoms with van der Waals surface area (Å²) >= 11 is 0.